The number of hydrogen-bond donors (Lipinski definition) is 0. The molecule has 0 aromatic rings. The molecule has 0 aromatic carbocycles. The second-order valence-electron chi connectivity index (χ2n) is 9.29. The summed E-state index contributed by atoms with van der Waals surface area (Å²) in [4.78, 5) is 0.961. The van der Waals surface area contributed by atoms with Crippen LogP contribution >= 0.6 is 7.92 Å². The van der Waals surface area contributed by atoms with Crippen LogP contribution in [-0.4, -0.2) is 35.5 Å². The van der Waals surface area contributed by atoms with Crippen molar-refractivity contribution in [2.45, 2.75) is 131 Å². The van der Waals surface area contributed by atoms with Crippen molar-refractivity contribution in [1.82, 2.24) is 0 Å². The van der Waals surface area contributed by atoms with E-state index in [1.165, 1.54) is 41.8 Å². The zero-order valence-electron chi connectivity index (χ0n) is 19.3. The Morgan fingerprint density at radius 2 is 1.06 bits per heavy atom. The minimum Gasteiger partial charge on any atom is -0.741 e. The third kappa shape index (κ3) is 11.8. The molecule has 3 nitrogen and oxygen atoms in total. The van der Waals surface area contributed by atoms with Crippen molar-refractivity contribution in [3.8, 4) is 0 Å². The molecule has 0 heterocycles. The summed E-state index contributed by atoms with van der Waals surface area (Å²) < 4.78 is 58.9. The van der Waals surface area contributed by atoms with Crippen LogP contribution in [0.2, 0.25) is 4.89 Å². The van der Waals surface area contributed by atoms with Crippen LogP contribution in [-0.2, 0) is 29.3 Å². The van der Waals surface area contributed by atoms with Gasteiger partial charge in [-0.05, 0) is 55.5 Å². The second-order valence-corrected chi connectivity index (χ2v) is 14.3. The van der Waals surface area contributed by atoms with Gasteiger partial charge in [0, 0.05) is 0 Å². The maximum Gasteiger partial charge on any atom is 0.485 e. The molecule has 0 N–H and O–H groups in total. The normalized spacial score (nSPS) is 21.9. The van der Waals surface area contributed by atoms with Crippen LogP contribution in [0.3, 0.4) is 0 Å². The molecule has 3 rings (SSSR count). The Hall–Kier alpha value is 0.532. The zero-order chi connectivity index (χ0) is 24.2. The van der Waals surface area contributed by atoms with Crippen molar-refractivity contribution < 1.29 is 45.3 Å². The molecule has 32 heavy (non-hydrogen) atoms. The van der Waals surface area contributed by atoms with Crippen molar-refractivity contribution in [1.29, 1.82) is 0 Å². The summed E-state index contributed by atoms with van der Waals surface area (Å²) in [6, 6.07) is 0. The quantitative estimate of drug-likeness (QED) is 0.109. The van der Waals surface area contributed by atoms with Crippen LogP contribution in [0.15, 0.2) is 12.2 Å². The molecular formula is C23H40F3O3PPdS. The van der Waals surface area contributed by atoms with Gasteiger partial charge in [0.25, 0.3) is 0 Å². The van der Waals surface area contributed by atoms with Crippen LogP contribution < -0.4 is 0 Å². The van der Waals surface area contributed by atoms with Crippen LogP contribution in [0, 0.1) is 0 Å². The molecule has 0 aromatic heterocycles. The van der Waals surface area contributed by atoms with E-state index in [-0.39, 0.29) is 0 Å². The predicted molar refractivity (Wildman–Crippen MR) is 123 cm³/mol. The fourth-order valence-corrected chi connectivity index (χ4v) is 9.71. The number of halogens is 3. The van der Waals surface area contributed by atoms with Crippen molar-refractivity contribution in [3.63, 3.8) is 0 Å². The summed E-state index contributed by atoms with van der Waals surface area (Å²) in [6.07, 6.45) is 23.6. The van der Waals surface area contributed by atoms with Gasteiger partial charge in [-0.25, -0.2) is 8.42 Å². The average molecular weight is 591 g/mol. The standard InChI is InChI=1S/C18H33P.C4H7.CHF3O3S.Pd/c1-4-10-16(11-5-1)19(17-12-6-2-7-13-17)18-14-8-3-9-15-18;1-4(2)3;2-1(3,4)8(5,6)7;/h16-18H,1-15H2;1-2H2,3H3;(H,5,6,7);/q;;;+1/p-1. The van der Waals surface area contributed by atoms with Crippen LogP contribution in [0.5, 0.6) is 0 Å². The molecule has 192 valence electrons. The molecule has 3 saturated carbocycles. The number of allylic oxidation sites excluding steroid dienone is 1. The van der Waals surface area contributed by atoms with E-state index in [2.05, 4.69) is 25.8 Å². The Labute approximate surface area is 205 Å². The van der Waals surface area contributed by atoms with E-state index < -0.39 is 15.6 Å². The summed E-state index contributed by atoms with van der Waals surface area (Å²) in [6.45, 7) is 5.63. The van der Waals surface area contributed by atoms with E-state index >= 15 is 0 Å². The van der Waals surface area contributed by atoms with E-state index in [0.717, 1.165) is 4.89 Å². The minimum atomic E-state index is -6.09. The summed E-state index contributed by atoms with van der Waals surface area (Å²) in [5, 5.41) is 0. The molecule has 0 spiro atoms. The van der Waals surface area contributed by atoms with Crippen molar-refractivity contribution in [2.75, 3.05) is 0 Å². The Morgan fingerprint density at radius 1 is 0.844 bits per heavy atom. The number of hydrogen-bond acceptors (Lipinski definition) is 3. The molecule has 3 aliphatic rings. The van der Waals surface area contributed by atoms with Crippen LogP contribution in [0.1, 0.15) is 103 Å². The molecule has 0 saturated heterocycles. The number of alkyl halides is 3. The Morgan fingerprint density at radius 3 is 1.22 bits per heavy atom. The van der Waals surface area contributed by atoms with Crippen molar-refractivity contribution >= 4 is 18.0 Å². The first kappa shape index (κ1) is 30.6. The molecule has 3 fully saturated rings. The molecule has 3 aliphatic carbocycles. The van der Waals surface area contributed by atoms with Crippen molar-refractivity contribution in [2.24, 2.45) is 0 Å². The first-order valence-corrected chi connectivity index (χ1v) is 16.0. The maximum absolute atomic E-state index is 10.7. The van der Waals surface area contributed by atoms with Gasteiger partial charge in [0.2, 0.25) is 0 Å². The molecule has 9 heteroatoms. The van der Waals surface area contributed by atoms with E-state index in [9.17, 15) is 13.2 Å². The van der Waals surface area contributed by atoms with Crippen LogP contribution in [0.4, 0.5) is 13.2 Å². The third-order valence-corrected chi connectivity index (χ3v) is 12.0. The summed E-state index contributed by atoms with van der Waals surface area (Å²) in [5.74, 6) is 0. The first-order valence-electron chi connectivity index (χ1n) is 11.9. The molecule has 0 amide bonds. The summed E-state index contributed by atoms with van der Waals surface area (Å²) >= 11 is 2.99. The van der Waals surface area contributed by atoms with Gasteiger partial charge in [0.05, 0.1) is 0 Å². The fourth-order valence-electron chi connectivity index (χ4n) is 5.03. The van der Waals surface area contributed by atoms with E-state index in [1.807, 2.05) is 6.92 Å². The van der Waals surface area contributed by atoms with Gasteiger partial charge in [0.1, 0.15) is 0 Å². The molecule has 0 aliphatic heterocycles. The van der Waals surface area contributed by atoms with Gasteiger partial charge in [0.15, 0.2) is 10.1 Å². The Kier molecular flexibility index (Phi) is 14.8. The second kappa shape index (κ2) is 15.5. The molecule has 0 radical (unpaired) electrons. The number of rotatable bonds is 4. The van der Waals surface area contributed by atoms with Crippen molar-refractivity contribution in [3.05, 3.63) is 12.2 Å². The van der Waals surface area contributed by atoms with Gasteiger partial charge in [-0.3, -0.25) is 0 Å². The first-order chi connectivity index (χ1) is 15.0. The monoisotopic (exact) mass is 590 g/mol. The molecule has 0 unspecified atom stereocenters. The van der Waals surface area contributed by atoms with Gasteiger partial charge in [-0.2, -0.15) is 13.2 Å². The smallest absolute Gasteiger partial charge is 0.485 e. The van der Waals surface area contributed by atoms with Gasteiger partial charge < -0.3 is 4.55 Å². The largest absolute Gasteiger partial charge is 0.741 e. The topological polar surface area (TPSA) is 57.2 Å². The van der Waals surface area contributed by atoms with Gasteiger partial charge in [-0.1, -0.05) is 65.7 Å². The SMILES string of the molecule is C1CCC(P(C2CCCCC2)C2CCCCC2)CC1.C=C(C)[CH2][Pd+].O=S(=O)([O-])C(F)(F)F. The predicted octanol–water partition coefficient (Wildman–Crippen LogP) is 8.05. The summed E-state index contributed by atoms with van der Waals surface area (Å²) in [5.41, 5.74) is -0.889. The third-order valence-electron chi connectivity index (χ3n) is 6.46. The van der Waals surface area contributed by atoms with E-state index in [0.29, 0.717) is 7.92 Å². The Balaban J connectivity index is 0.000000329. The van der Waals surface area contributed by atoms with Crippen LogP contribution in [0.25, 0.3) is 0 Å². The molecular weight excluding hydrogens is 551 g/mol. The zero-order valence-corrected chi connectivity index (χ0v) is 22.5. The maximum atomic E-state index is 10.7. The molecule has 0 atom stereocenters. The fraction of sp³-hybridized carbons (Fsp3) is 0.913. The van der Waals surface area contributed by atoms with E-state index in [1.54, 1.807) is 77.0 Å². The Bertz CT molecular complexity index is 582. The van der Waals surface area contributed by atoms with Gasteiger partial charge >= 0.3 is 48.7 Å². The molecule has 0 bridgehead atoms. The minimum absolute atomic E-state index is 0.385. The van der Waals surface area contributed by atoms with Gasteiger partial charge in [-0.15, -0.1) is 0 Å². The summed E-state index contributed by atoms with van der Waals surface area (Å²) in [7, 11) is -5.71. The average Bonchev–Trinajstić information content (AvgIpc) is 2.76. The van der Waals surface area contributed by atoms with E-state index in [4.69, 9.17) is 13.0 Å².